The summed E-state index contributed by atoms with van der Waals surface area (Å²) in [6.45, 7) is 4.37. The topological polar surface area (TPSA) is 34.1 Å². The molecule has 4 aliphatic rings. The van der Waals surface area contributed by atoms with E-state index in [1.54, 1.807) is 6.08 Å². The number of hydrogen-bond acceptors (Lipinski definition) is 2. The van der Waals surface area contributed by atoms with Crippen LogP contribution in [-0.4, -0.2) is 11.6 Å². The molecule has 4 rings (SSSR count). The van der Waals surface area contributed by atoms with Gasteiger partial charge in [0.2, 0.25) is 0 Å². The van der Waals surface area contributed by atoms with Crippen LogP contribution in [-0.2, 0) is 9.59 Å². The van der Waals surface area contributed by atoms with E-state index in [2.05, 4.69) is 13.8 Å². The zero-order chi connectivity index (χ0) is 16.4. The number of rotatable bonds is 0. The minimum atomic E-state index is -0.190. The first kappa shape index (κ1) is 15.3. The molecule has 4 aliphatic carbocycles. The predicted octanol–water partition coefficient (Wildman–Crippen LogP) is 4.55. The number of allylic oxidation sites excluding steroid dienone is 2. The molecule has 0 aromatic heterocycles. The number of ketones is 2. The van der Waals surface area contributed by atoms with Gasteiger partial charge in [-0.1, -0.05) is 13.8 Å². The molecule has 3 saturated carbocycles. The van der Waals surface area contributed by atoms with E-state index < -0.39 is 0 Å². The molecule has 3 heteroatoms. The molecule has 5 atom stereocenters. The van der Waals surface area contributed by atoms with Crippen molar-refractivity contribution in [3.63, 3.8) is 0 Å². The molecule has 0 saturated heterocycles. The molecule has 0 aromatic carbocycles. The predicted molar refractivity (Wildman–Crippen MR) is 86.3 cm³/mol. The van der Waals surface area contributed by atoms with E-state index in [1.165, 1.54) is 0 Å². The molecule has 0 radical (unpaired) electrons. The monoisotopic (exact) mass is 316 g/mol. The fraction of sp³-hybridized carbons (Fsp3) is 0.700. The number of carbonyl (C=O) groups excluding carboxylic acids is 2. The van der Waals surface area contributed by atoms with Crippen molar-refractivity contribution >= 4 is 11.6 Å². The average molecular weight is 316 g/mol. The quantitative estimate of drug-likeness (QED) is 0.657. The first-order valence-electron chi connectivity index (χ1n) is 8.98. The third kappa shape index (κ3) is 1.91. The molecular formula is C20H25FO2. The maximum absolute atomic E-state index is 13.6. The van der Waals surface area contributed by atoms with Gasteiger partial charge in [-0.2, -0.15) is 0 Å². The van der Waals surface area contributed by atoms with Crippen LogP contribution in [0.5, 0.6) is 0 Å². The van der Waals surface area contributed by atoms with E-state index in [0.717, 1.165) is 37.6 Å². The van der Waals surface area contributed by atoms with Crippen molar-refractivity contribution in [3.8, 4) is 0 Å². The van der Waals surface area contributed by atoms with Gasteiger partial charge in [-0.05, 0) is 72.5 Å². The van der Waals surface area contributed by atoms with E-state index in [1.807, 2.05) is 0 Å². The largest absolute Gasteiger partial charge is 0.299 e. The van der Waals surface area contributed by atoms with Gasteiger partial charge in [0.15, 0.2) is 5.78 Å². The summed E-state index contributed by atoms with van der Waals surface area (Å²) in [5.41, 5.74) is 1.38. The Kier molecular flexibility index (Phi) is 3.24. The Morgan fingerprint density at radius 3 is 2.57 bits per heavy atom. The van der Waals surface area contributed by atoms with Crippen molar-refractivity contribution < 1.29 is 14.0 Å². The molecule has 0 N–H and O–H groups in total. The summed E-state index contributed by atoms with van der Waals surface area (Å²) in [6.07, 6.45) is 8.18. The van der Waals surface area contributed by atoms with Gasteiger partial charge in [0.1, 0.15) is 5.78 Å². The van der Waals surface area contributed by atoms with Gasteiger partial charge in [0.25, 0.3) is 0 Å². The number of hydrogen-bond donors (Lipinski definition) is 0. The Balaban J connectivity index is 1.79. The Morgan fingerprint density at radius 2 is 1.83 bits per heavy atom. The second-order valence-corrected chi connectivity index (χ2v) is 8.58. The van der Waals surface area contributed by atoms with Crippen molar-refractivity contribution in [2.75, 3.05) is 0 Å². The van der Waals surface area contributed by atoms with Crippen LogP contribution in [0.25, 0.3) is 0 Å². The van der Waals surface area contributed by atoms with Crippen LogP contribution in [0, 0.1) is 28.6 Å². The molecule has 0 amide bonds. The lowest BCUT2D eigenvalue weighted by Crippen LogP contribution is -2.51. The molecule has 0 bridgehead atoms. The first-order chi connectivity index (χ1) is 10.9. The zero-order valence-corrected chi connectivity index (χ0v) is 14.0. The van der Waals surface area contributed by atoms with Crippen LogP contribution < -0.4 is 0 Å². The maximum Gasteiger partial charge on any atom is 0.156 e. The van der Waals surface area contributed by atoms with Crippen molar-refractivity contribution in [1.29, 1.82) is 0 Å². The highest BCUT2D eigenvalue weighted by Gasteiger charge is 2.59. The lowest BCUT2D eigenvalue weighted by molar-refractivity contribution is -0.132. The van der Waals surface area contributed by atoms with Gasteiger partial charge in [-0.25, -0.2) is 4.39 Å². The van der Waals surface area contributed by atoms with E-state index in [9.17, 15) is 14.0 Å². The van der Waals surface area contributed by atoms with Crippen LogP contribution in [0.15, 0.2) is 23.6 Å². The van der Waals surface area contributed by atoms with E-state index in [-0.39, 0.29) is 16.6 Å². The Hall–Kier alpha value is -1.25. The molecular weight excluding hydrogens is 291 g/mol. The average Bonchev–Trinajstić information content (AvgIpc) is 2.83. The minimum Gasteiger partial charge on any atom is -0.299 e. The smallest absolute Gasteiger partial charge is 0.156 e. The van der Waals surface area contributed by atoms with Crippen molar-refractivity contribution in [2.24, 2.45) is 28.6 Å². The van der Waals surface area contributed by atoms with Crippen LogP contribution in [0.2, 0.25) is 0 Å². The fourth-order valence-electron chi connectivity index (χ4n) is 6.36. The Morgan fingerprint density at radius 1 is 1.09 bits per heavy atom. The summed E-state index contributed by atoms with van der Waals surface area (Å²) in [4.78, 5) is 24.3. The summed E-state index contributed by atoms with van der Waals surface area (Å²) in [7, 11) is 0. The van der Waals surface area contributed by atoms with Crippen LogP contribution in [0.4, 0.5) is 4.39 Å². The molecule has 2 nitrogen and oxygen atoms in total. The van der Waals surface area contributed by atoms with E-state index in [4.69, 9.17) is 0 Å². The van der Waals surface area contributed by atoms with Crippen molar-refractivity contribution in [2.45, 2.75) is 58.8 Å². The van der Waals surface area contributed by atoms with Crippen LogP contribution in [0.1, 0.15) is 58.8 Å². The summed E-state index contributed by atoms with van der Waals surface area (Å²) in [5.74, 6) is 1.80. The highest BCUT2D eigenvalue weighted by molar-refractivity contribution is 5.92. The molecule has 0 spiro atoms. The minimum absolute atomic E-state index is 0.0955. The molecule has 0 aromatic rings. The van der Waals surface area contributed by atoms with E-state index in [0.29, 0.717) is 48.4 Å². The van der Waals surface area contributed by atoms with Crippen LogP contribution in [0.3, 0.4) is 0 Å². The molecule has 0 aliphatic heterocycles. The number of carbonyl (C=O) groups is 2. The summed E-state index contributed by atoms with van der Waals surface area (Å²) < 4.78 is 13.6. The SMILES string of the molecule is C[C@]12CCC(=O)C=C1/C(=C/F)C[C@@H]1[C@@H]2CC[C@]2(C)C(=O)CC[C@@H]12. The summed E-state index contributed by atoms with van der Waals surface area (Å²) >= 11 is 0. The Labute approximate surface area is 137 Å². The second kappa shape index (κ2) is 4.87. The maximum atomic E-state index is 13.6. The normalized spacial score (nSPS) is 47.9. The standard InChI is InChI=1S/C20H25FO2/c1-19-7-5-13(22)10-17(19)12(11-21)9-14-15-3-4-18(23)20(15,2)8-6-16(14)19/h10-11,14-16H,3-9H2,1-2H3/b12-11+/t14-,15-,16-,19+,20-/m0/s1. The first-order valence-corrected chi connectivity index (χ1v) is 8.98. The highest BCUT2D eigenvalue weighted by atomic mass is 19.1. The molecule has 23 heavy (non-hydrogen) atoms. The van der Waals surface area contributed by atoms with Gasteiger partial charge in [-0.15, -0.1) is 0 Å². The van der Waals surface area contributed by atoms with Gasteiger partial charge >= 0.3 is 0 Å². The lowest BCUT2D eigenvalue weighted by Gasteiger charge is -2.57. The lowest BCUT2D eigenvalue weighted by atomic mass is 9.47. The van der Waals surface area contributed by atoms with Gasteiger partial charge in [-0.3, -0.25) is 9.59 Å². The summed E-state index contributed by atoms with van der Waals surface area (Å²) in [5, 5.41) is 0. The zero-order valence-electron chi connectivity index (χ0n) is 14.0. The third-order valence-corrected chi connectivity index (χ3v) is 7.71. The van der Waals surface area contributed by atoms with Gasteiger partial charge in [0, 0.05) is 18.3 Å². The molecule has 124 valence electrons. The number of halogens is 1. The van der Waals surface area contributed by atoms with E-state index >= 15 is 0 Å². The molecule has 0 heterocycles. The molecule has 3 fully saturated rings. The van der Waals surface area contributed by atoms with Crippen molar-refractivity contribution in [1.82, 2.24) is 0 Å². The summed E-state index contributed by atoms with van der Waals surface area (Å²) in [6, 6.07) is 0. The van der Waals surface area contributed by atoms with Crippen LogP contribution >= 0.6 is 0 Å². The Bertz CT molecular complexity index is 646. The molecule has 0 unspecified atom stereocenters. The fourth-order valence-corrected chi connectivity index (χ4v) is 6.36. The highest BCUT2D eigenvalue weighted by Crippen LogP contribution is 2.65. The van der Waals surface area contributed by atoms with Gasteiger partial charge in [0.05, 0.1) is 6.33 Å². The number of fused-ring (bicyclic) bond motifs is 5. The van der Waals surface area contributed by atoms with Crippen molar-refractivity contribution in [3.05, 3.63) is 23.6 Å². The van der Waals surface area contributed by atoms with Gasteiger partial charge < -0.3 is 0 Å². The number of Topliss-reactive ketones (excluding diaryl/α,β-unsaturated/α-hetero) is 1. The second-order valence-electron chi connectivity index (χ2n) is 8.58. The third-order valence-electron chi connectivity index (χ3n) is 7.71.